The quantitative estimate of drug-likeness (QED) is 0.520. The van der Waals surface area contributed by atoms with Crippen LogP contribution in [0.3, 0.4) is 0 Å². The monoisotopic (exact) mass is 412 g/mol. The summed E-state index contributed by atoms with van der Waals surface area (Å²) in [6, 6.07) is 11.3. The SMILES string of the molecule is COc1cc(NC(=O)COC(=O)CCN2C(=O)c3ccccc3C2=O)cc(OC)c1. The lowest BCUT2D eigenvalue weighted by molar-refractivity contribution is -0.147. The van der Waals surface area contributed by atoms with Gasteiger partial charge in [0.25, 0.3) is 17.7 Å². The molecule has 0 aliphatic carbocycles. The van der Waals surface area contributed by atoms with Crippen molar-refractivity contribution in [3.8, 4) is 11.5 Å². The number of nitrogens with zero attached hydrogens (tertiary/aromatic N) is 1. The molecule has 3 amide bonds. The molecule has 0 saturated heterocycles. The van der Waals surface area contributed by atoms with Crippen molar-refractivity contribution in [3.63, 3.8) is 0 Å². The molecule has 0 bridgehead atoms. The third kappa shape index (κ3) is 4.57. The van der Waals surface area contributed by atoms with E-state index in [1.54, 1.807) is 42.5 Å². The number of carbonyl (C=O) groups is 4. The van der Waals surface area contributed by atoms with Crippen LogP contribution in [0, 0.1) is 0 Å². The molecule has 0 aromatic heterocycles. The molecule has 9 nitrogen and oxygen atoms in total. The summed E-state index contributed by atoms with van der Waals surface area (Å²) in [6.45, 7) is -0.639. The highest BCUT2D eigenvalue weighted by atomic mass is 16.5. The lowest BCUT2D eigenvalue weighted by Crippen LogP contribution is -2.32. The fraction of sp³-hybridized carbons (Fsp3) is 0.238. The summed E-state index contributed by atoms with van der Waals surface area (Å²) in [5.41, 5.74) is 1.03. The van der Waals surface area contributed by atoms with E-state index in [1.165, 1.54) is 14.2 Å². The third-order valence-electron chi connectivity index (χ3n) is 4.42. The van der Waals surface area contributed by atoms with Crippen LogP contribution in [0.4, 0.5) is 5.69 Å². The van der Waals surface area contributed by atoms with Crippen LogP contribution < -0.4 is 14.8 Å². The molecular formula is C21H20N2O7. The average Bonchev–Trinajstić information content (AvgIpc) is 3.00. The highest BCUT2D eigenvalue weighted by molar-refractivity contribution is 6.21. The average molecular weight is 412 g/mol. The van der Waals surface area contributed by atoms with Crippen LogP contribution in [0.15, 0.2) is 42.5 Å². The molecule has 3 rings (SSSR count). The minimum absolute atomic E-state index is 0.125. The second-order valence-corrected chi connectivity index (χ2v) is 6.37. The number of carbonyl (C=O) groups excluding carboxylic acids is 4. The van der Waals surface area contributed by atoms with E-state index in [9.17, 15) is 19.2 Å². The lowest BCUT2D eigenvalue weighted by Gasteiger charge is -2.13. The fourth-order valence-corrected chi connectivity index (χ4v) is 2.94. The first-order valence-corrected chi connectivity index (χ1v) is 9.06. The minimum Gasteiger partial charge on any atom is -0.497 e. The van der Waals surface area contributed by atoms with Gasteiger partial charge < -0.3 is 19.5 Å². The van der Waals surface area contributed by atoms with Gasteiger partial charge in [0.05, 0.1) is 31.8 Å². The van der Waals surface area contributed by atoms with Crippen LogP contribution in [-0.4, -0.2) is 56.0 Å². The van der Waals surface area contributed by atoms with E-state index in [4.69, 9.17) is 14.2 Å². The number of methoxy groups -OCH3 is 2. The van der Waals surface area contributed by atoms with Gasteiger partial charge in [-0.15, -0.1) is 0 Å². The van der Waals surface area contributed by atoms with E-state index in [2.05, 4.69) is 5.32 Å². The van der Waals surface area contributed by atoms with Crippen molar-refractivity contribution < 1.29 is 33.4 Å². The highest BCUT2D eigenvalue weighted by Crippen LogP contribution is 2.26. The molecule has 1 aliphatic heterocycles. The van der Waals surface area contributed by atoms with Crippen LogP contribution in [0.1, 0.15) is 27.1 Å². The second-order valence-electron chi connectivity index (χ2n) is 6.37. The molecule has 9 heteroatoms. The maximum Gasteiger partial charge on any atom is 0.308 e. The summed E-state index contributed by atoms with van der Waals surface area (Å²) in [7, 11) is 2.97. The fourth-order valence-electron chi connectivity index (χ4n) is 2.94. The number of benzene rings is 2. The van der Waals surface area contributed by atoms with Gasteiger partial charge in [0.2, 0.25) is 0 Å². The molecule has 1 heterocycles. The van der Waals surface area contributed by atoms with Gasteiger partial charge in [0, 0.05) is 30.4 Å². The Labute approximate surface area is 172 Å². The minimum atomic E-state index is -0.704. The van der Waals surface area contributed by atoms with E-state index in [0.717, 1.165) is 4.90 Å². The maximum atomic E-state index is 12.3. The largest absolute Gasteiger partial charge is 0.497 e. The normalized spacial score (nSPS) is 12.4. The summed E-state index contributed by atoms with van der Waals surface area (Å²) in [5, 5.41) is 2.58. The van der Waals surface area contributed by atoms with Gasteiger partial charge >= 0.3 is 5.97 Å². The zero-order chi connectivity index (χ0) is 21.7. The zero-order valence-electron chi connectivity index (χ0n) is 16.5. The van der Waals surface area contributed by atoms with Gasteiger partial charge in [-0.05, 0) is 12.1 Å². The van der Waals surface area contributed by atoms with E-state index >= 15 is 0 Å². The topological polar surface area (TPSA) is 111 Å². The van der Waals surface area contributed by atoms with Gasteiger partial charge in [0.15, 0.2) is 6.61 Å². The van der Waals surface area contributed by atoms with Crippen LogP contribution in [0.5, 0.6) is 11.5 Å². The van der Waals surface area contributed by atoms with E-state index in [-0.39, 0.29) is 13.0 Å². The first-order valence-electron chi connectivity index (χ1n) is 9.06. The first-order chi connectivity index (χ1) is 14.4. The molecular weight excluding hydrogens is 392 g/mol. The molecule has 0 fully saturated rings. The molecule has 2 aromatic carbocycles. The molecule has 0 saturated carbocycles. The third-order valence-corrected chi connectivity index (χ3v) is 4.42. The molecule has 0 radical (unpaired) electrons. The Balaban J connectivity index is 1.48. The predicted molar refractivity (Wildman–Crippen MR) is 106 cm³/mol. The highest BCUT2D eigenvalue weighted by Gasteiger charge is 2.35. The lowest BCUT2D eigenvalue weighted by atomic mass is 10.1. The van der Waals surface area contributed by atoms with Gasteiger partial charge in [-0.25, -0.2) is 0 Å². The summed E-state index contributed by atoms with van der Waals surface area (Å²) < 4.78 is 15.2. The number of amides is 3. The Hall–Kier alpha value is -3.88. The Morgan fingerprint density at radius 1 is 0.933 bits per heavy atom. The number of esters is 1. The Kier molecular flexibility index (Phi) is 6.31. The van der Waals surface area contributed by atoms with E-state index < -0.39 is 30.3 Å². The van der Waals surface area contributed by atoms with Gasteiger partial charge in [0.1, 0.15) is 11.5 Å². The number of imide groups is 1. The molecule has 0 atom stereocenters. The number of anilines is 1. The summed E-state index contributed by atoms with van der Waals surface area (Å²) in [6.07, 6.45) is -0.217. The standard InChI is InChI=1S/C21H20N2O7/c1-28-14-9-13(10-15(11-14)29-2)22-18(24)12-30-19(25)7-8-23-20(26)16-5-3-4-6-17(16)21(23)27/h3-6,9-11H,7-8,12H2,1-2H3,(H,22,24). The van der Waals surface area contributed by atoms with Crippen molar-refractivity contribution in [1.29, 1.82) is 0 Å². The molecule has 0 spiro atoms. The van der Waals surface area contributed by atoms with Crippen molar-refractivity contribution in [2.75, 3.05) is 32.7 Å². The number of fused-ring (bicyclic) bond motifs is 1. The Morgan fingerprint density at radius 3 is 2.03 bits per heavy atom. The predicted octanol–water partition coefficient (Wildman–Crippen LogP) is 1.87. The van der Waals surface area contributed by atoms with Crippen LogP contribution in [0.25, 0.3) is 0 Å². The van der Waals surface area contributed by atoms with E-state index in [0.29, 0.717) is 28.3 Å². The summed E-state index contributed by atoms with van der Waals surface area (Å²) in [4.78, 5) is 49.5. The Bertz CT molecular complexity index is 945. The number of nitrogens with one attached hydrogen (secondary N) is 1. The van der Waals surface area contributed by atoms with Crippen molar-refractivity contribution in [3.05, 3.63) is 53.6 Å². The van der Waals surface area contributed by atoms with Crippen molar-refractivity contribution in [1.82, 2.24) is 4.90 Å². The van der Waals surface area contributed by atoms with Gasteiger partial charge in [-0.2, -0.15) is 0 Å². The first kappa shape index (κ1) is 20.8. The number of rotatable bonds is 8. The molecule has 156 valence electrons. The van der Waals surface area contributed by atoms with Gasteiger partial charge in [-0.3, -0.25) is 24.1 Å². The maximum absolute atomic E-state index is 12.3. The molecule has 30 heavy (non-hydrogen) atoms. The van der Waals surface area contributed by atoms with Crippen molar-refractivity contribution >= 4 is 29.4 Å². The molecule has 0 unspecified atom stereocenters. The summed E-state index contributed by atoms with van der Waals surface area (Å²) in [5.74, 6) is -1.18. The summed E-state index contributed by atoms with van der Waals surface area (Å²) >= 11 is 0. The smallest absolute Gasteiger partial charge is 0.308 e. The van der Waals surface area contributed by atoms with Crippen LogP contribution >= 0.6 is 0 Å². The van der Waals surface area contributed by atoms with Crippen LogP contribution in [-0.2, 0) is 14.3 Å². The van der Waals surface area contributed by atoms with Gasteiger partial charge in [-0.1, -0.05) is 12.1 Å². The molecule has 2 aromatic rings. The molecule has 1 aliphatic rings. The number of ether oxygens (including phenoxy) is 3. The molecule has 1 N–H and O–H groups in total. The van der Waals surface area contributed by atoms with Crippen molar-refractivity contribution in [2.45, 2.75) is 6.42 Å². The van der Waals surface area contributed by atoms with Crippen LogP contribution in [0.2, 0.25) is 0 Å². The Morgan fingerprint density at radius 2 is 1.50 bits per heavy atom. The second kappa shape index (κ2) is 9.08. The van der Waals surface area contributed by atoms with E-state index in [1.807, 2.05) is 0 Å². The number of hydrogen-bond donors (Lipinski definition) is 1. The van der Waals surface area contributed by atoms with Crippen molar-refractivity contribution in [2.24, 2.45) is 0 Å². The number of hydrogen-bond acceptors (Lipinski definition) is 7. The zero-order valence-corrected chi connectivity index (χ0v) is 16.5.